The van der Waals surface area contributed by atoms with Gasteiger partial charge in [-0.25, -0.2) is 15.0 Å². The van der Waals surface area contributed by atoms with Crippen molar-refractivity contribution >= 4 is 35.1 Å². The first-order chi connectivity index (χ1) is 15.6. The van der Waals surface area contributed by atoms with Gasteiger partial charge in [0, 0.05) is 42.6 Å². The standard InChI is InChI=1S/C23H20ClN7O/c1-30-20(6-9-27-30)29-23-25-8-5-19(28-23)17-13-16-7-10-31(22(16)26-14-17)21(32)12-15-3-2-4-18(24)11-15/h2-6,8-9,11,13-14H,7,10,12H2,1H3,(H,25,28,29). The van der Waals surface area contributed by atoms with E-state index in [1.165, 1.54) is 0 Å². The monoisotopic (exact) mass is 445 g/mol. The second-order valence-electron chi connectivity index (χ2n) is 7.54. The molecule has 1 aliphatic rings. The van der Waals surface area contributed by atoms with Gasteiger partial charge in [-0.1, -0.05) is 23.7 Å². The van der Waals surface area contributed by atoms with Crippen molar-refractivity contribution in [3.63, 3.8) is 0 Å². The molecule has 32 heavy (non-hydrogen) atoms. The number of amides is 1. The maximum absolute atomic E-state index is 12.9. The summed E-state index contributed by atoms with van der Waals surface area (Å²) in [7, 11) is 1.84. The SMILES string of the molecule is Cn1nccc1Nc1nccc(-c2cnc3c(c2)CCN3C(=O)Cc2cccc(Cl)c2)n1. The molecule has 160 valence electrons. The Bertz CT molecular complexity index is 1300. The van der Waals surface area contributed by atoms with E-state index in [1.54, 1.807) is 34.2 Å². The Morgan fingerprint density at radius 3 is 2.88 bits per heavy atom. The zero-order chi connectivity index (χ0) is 22.1. The number of halogens is 1. The number of aryl methyl sites for hydroxylation is 1. The summed E-state index contributed by atoms with van der Waals surface area (Å²) < 4.78 is 1.71. The number of hydrogen-bond donors (Lipinski definition) is 1. The number of pyridine rings is 1. The first-order valence-electron chi connectivity index (χ1n) is 10.2. The summed E-state index contributed by atoms with van der Waals surface area (Å²) in [5.74, 6) is 1.99. The summed E-state index contributed by atoms with van der Waals surface area (Å²) in [5, 5.41) is 7.92. The van der Waals surface area contributed by atoms with Crippen LogP contribution in [-0.4, -0.2) is 37.2 Å². The zero-order valence-corrected chi connectivity index (χ0v) is 18.1. The minimum absolute atomic E-state index is 0.0102. The van der Waals surface area contributed by atoms with Crippen molar-refractivity contribution in [1.29, 1.82) is 0 Å². The molecule has 8 nitrogen and oxygen atoms in total. The van der Waals surface area contributed by atoms with Gasteiger partial charge in [0.05, 0.1) is 18.3 Å². The number of benzene rings is 1. The molecule has 0 atom stereocenters. The van der Waals surface area contributed by atoms with Gasteiger partial charge in [0.2, 0.25) is 11.9 Å². The topological polar surface area (TPSA) is 88.8 Å². The largest absolute Gasteiger partial charge is 0.309 e. The highest BCUT2D eigenvalue weighted by molar-refractivity contribution is 6.30. The third-order valence-electron chi connectivity index (χ3n) is 5.36. The van der Waals surface area contributed by atoms with E-state index in [0.29, 0.717) is 29.8 Å². The van der Waals surface area contributed by atoms with Crippen LogP contribution in [0.5, 0.6) is 0 Å². The molecule has 0 aliphatic carbocycles. The molecule has 1 N–H and O–H groups in total. The van der Waals surface area contributed by atoms with Crippen molar-refractivity contribution in [2.24, 2.45) is 7.05 Å². The molecule has 4 aromatic rings. The number of nitrogens with zero attached hydrogens (tertiary/aromatic N) is 6. The molecule has 0 bridgehead atoms. The van der Waals surface area contributed by atoms with Gasteiger partial charge >= 0.3 is 0 Å². The molecule has 1 amide bonds. The Hall–Kier alpha value is -3.78. The van der Waals surface area contributed by atoms with Crippen molar-refractivity contribution in [2.45, 2.75) is 12.8 Å². The summed E-state index contributed by atoms with van der Waals surface area (Å²) in [4.78, 5) is 28.1. The van der Waals surface area contributed by atoms with Crippen molar-refractivity contribution in [2.75, 3.05) is 16.8 Å². The molecule has 0 spiro atoms. The highest BCUT2D eigenvalue weighted by Crippen LogP contribution is 2.30. The number of carbonyl (C=O) groups excluding carboxylic acids is 1. The number of aromatic nitrogens is 5. The van der Waals surface area contributed by atoms with Gasteiger partial charge in [0.1, 0.15) is 11.6 Å². The number of rotatable bonds is 5. The number of anilines is 3. The highest BCUT2D eigenvalue weighted by atomic mass is 35.5. The molecule has 0 fully saturated rings. The molecule has 5 rings (SSSR count). The number of hydrogen-bond acceptors (Lipinski definition) is 6. The molecule has 0 radical (unpaired) electrons. The van der Waals surface area contributed by atoms with Gasteiger partial charge in [-0.3, -0.25) is 14.4 Å². The van der Waals surface area contributed by atoms with E-state index in [-0.39, 0.29) is 5.91 Å². The van der Waals surface area contributed by atoms with Crippen LogP contribution in [0.25, 0.3) is 11.3 Å². The zero-order valence-electron chi connectivity index (χ0n) is 17.4. The average Bonchev–Trinajstić information content (AvgIpc) is 3.39. The van der Waals surface area contributed by atoms with E-state index in [9.17, 15) is 4.79 Å². The Balaban J connectivity index is 1.35. The van der Waals surface area contributed by atoms with Crippen LogP contribution in [0.2, 0.25) is 5.02 Å². The molecule has 4 heterocycles. The minimum atomic E-state index is 0.0102. The van der Waals surface area contributed by atoms with E-state index in [1.807, 2.05) is 43.4 Å². The summed E-state index contributed by atoms with van der Waals surface area (Å²) in [6, 6.07) is 13.1. The van der Waals surface area contributed by atoms with Crippen molar-refractivity contribution in [1.82, 2.24) is 24.7 Å². The summed E-state index contributed by atoms with van der Waals surface area (Å²) in [6.45, 7) is 0.613. The maximum atomic E-state index is 12.9. The van der Waals surface area contributed by atoms with Crippen LogP contribution in [0.1, 0.15) is 11.1 Å². The van der Waals surface area contributed by atoms with E-state index in [4.69, 9.17) is 11.6 Å². The van der Waals surface area contributed by atoms with Crippen molar-refractivity contribution in [3.05, 3.63) is 77.2 Å². The Labute approximate surface area is 189 Å². The van der Waals surface area contributed by atoms with Gasteiger partial charge in [0.25, 0.3) is 0 Å². The van der Waals surface area contributed by atoms with Crippen LogP contribution in [0, 0.1) is 0 Å². The van der Waals surface area contributed by atoms with Crippen molar-refractivity contribution in [3.8, 4) is 11.3 Å². The summed E-state index contributed by atoms with van der Waals surface area (Å²) in [5.41, 5.74) is 3.55. The fourth-order valence-electron chi connectivity index (χ4n) is 3.76. The molecular formula is C23H20ClN7O. The Morgan fingerprint density at radius 1 is 1.16 bits per heavy atom. The lowest BCUT2D eigenvalue weighted by molar-refractivity contribution is -0.117. The van der Waals surface area contributed by atoms with Gasteiger partial charge in [-0.15, -0.1) is 0 Å². The average molecular weight is 446 g/mol. The second kappa shape index (κ2) is 8.39. The van der Waals surface area contributed by atoms with Crippen LogP contribution in [0.4, 0.5) is 17.6 Å². The minimum Gasteiger partial charge on any atom is -0.309 e. The number of fused-ring (bicyclic) bond motifs is 1. The molecule has 9 heteroatoms. The van der Waals surface area contributed by atoms with Gasteiger partial charge in [-0.05, 0) is 41.8 Å². The summed E-state index contributed by atoms with van der Waals surface area (Å²) in [6.07, 6.45) is 6.20. The van der Waals surface area contributed by atoms with Crippen LogP contribution in [0.3, 0.4) is 0 Å². The third-order valence-corrected chi connectivity index (χ3v) is 5.60. The quantitative estimate of drug-likeness (QED) is 0.502. The number of nitrogens with one attached hydrogen (secondary N) is 1. The van der Waals surface area contributed by atoms with Gasteiger partial charge < -0.3 is 5.32 Å². The molecule has 0 saturated carbocycles. The van der Waals surface area contributed by atoms with E-state index in [2.05, 4.69) is 25.4 Å². The second-order valence-corrected chi connectivity index (χ2v) is 7.98. The molecule has 0 unspecified atom stereocenters. The fraction of sp³-hybridized carbons (Fsp3) is 0.174. The summed E-state index contributed by atoms with van der Waals surface area (Å²) >= 11 is 6.05. The van der Waals surface area contributed by atoms with E-state index < -0.39 is 0 Å². The first-order valence-corrected chi connectivity index (χ1v) is 10.6. The maximum Gasteiger partial charge on any atom is 0.232 e. The van der Waals surface area contributed by atoms with E-state index in [0.717, 1.165) is 34.6 Å². The molecular weight excluding hydrogens is 426 g/mol. The molecule has 1 aliphatic heterocycles. The van der Waals surface area contributed by atoms with Crippen LogP contribution < -0.4 is 10.2 Å². The lowest BCUT2D eigenvalue weighted by Crippen LogP contribution is -2.30. The van der Waals surface area contributed by atoms with Crippen molar-refractivity contribution < 1.29 is 4.79 Å². The van der Waals surface area contributed by atoms with Crippen LogP contribution in [-0.2, 0) is 24.7 Å². The van der Waals surface area contributed by atoms with Gasteiger partial charge in [0.15, 0.2) is 0 Å². The number of carbonyl (C=O) groups is 1. The van der Waals surface area contributed by atoms with Crippen LogP contribution >= 0.6 is 11.6 Å². The van der Waals surface area contributed by atoms with Crippen LogP contribution in [0.15, 0.2) is 61.1 Å². The Morgan fingerprint density at radius 2 is 2.06 bits per heavy atom. The highest BCUT2D eigenvalue weighted by Gasteiger charge is 2.26. The predicted octanol–water partition coefficient (Wildman–Crippen LogP) is 3.80. The fourth-order valence-corrected chi connectivity index (χ4v) is 3.97. The first kappa shape index (κ1) is 20.1. The normalized spacial score (nSPS) is 12.6. The Kier molecular flexibility index (Phi) is 5.28. The lowest BCUT2D eigenvalue weighted by atomic mass is 10.1. The molecule has 1 aromatic carbocycles. The predicted molar refractivity (Wildman–Crippen MR) is 123 cm³/mol. The molecule has 3 aromatic heterocycles. The smallest absolute Gasteiger partial charge is 0.232 e. The third kappa shape index (κ3) is 4.04. The lowest BCUT2D eigenvalue weighted by Gasteiger charge is -2.16. The van der Waals surface area contributed by atoms with E-state index >= 15 is 0 Å². The van der Waals surface area contributed by atoms with Gasteiger partial charge in [-0.2, -0.15) is 5.10 Å². The molecule has 0 saturated heterocycles.